The molecule has 1 saturated carbocycles. The average molecular weight is 960 g/mol. The summed E-state index contributed by atoms with van der Waals surface area (Å²) in [5.74, 6) is -7.26. The van der Waals surface area contributed by atoms with Crippen LogP contribution in [0.1, 0.15) is 126 Å². The number of fused-ring (bicyclic) bond motifs is 3. The summed E-state index contributed by atoms with van der Waals surface area (Å²) in [5.41, 5.74) is 1.33. The first-order chi connectivity index (χ1) is 32.3. The molecule has 68 heavy (non-hydrogen) atoms. The van der Waals surface area contributed by atoms with E-state index in [1.54, 1.807) is 41.1 Å². The van der Waals surface area contributed by atoms with E-state index in [1.165, 1.54) is 12.0 Å². The van der Waals surface area contributed by atoms with Gasteiger partial charge in [0, 0.05) is 58.5 Å². The van der Waals surface area contributed by atoms with E-state index in [2.05, 4.69) is 0 Å². The van der Waals surface area contributed by atoms with Crippen LogP contribution in [-0.4, -0.2) is 151 Å². The van der Waals surface area contributed by atoms with E-state index >= 15 is 0 Å². The third-order valence-corrected chi connectivity index (χ3v) is 15.1. The van der Waals surface area contributed by atoms with Crippen LogP contribution in [0.5, 0.6) is 0 Å². The summed E-state index contributed by atoms with van der Waals surface area (Å²) in [6.07, 6.45) is 11.7. The lowest BCUT2D eigenvalue weighted by molar-refractivity contribution is -0.265. The molecule has 0 aromatic rings. The van der Waals surface area contributed by atoms with Crippen LogP contribution in [0.2, 0.25) is 0 Å². The van der Waals surface area contributed by atoms with Gasteiger partial charge in [0.25, 0.3) is 11.7 Å². The number of aliphatic hydroxyl groups excluding tert-OH is 3. The Kier molecular flexibility index (Phi) is 23.2. The summed E-state index contributed by atoms with van der Waals surface area (Å²) in [6.45, 7) is 13.1. The minimum atomic E-state index is -2.42. The number of esters is 1. The number of carbonyl (C=O) groups is 4. The van der Waals surface area contributed by atoms with E-state index in [1.807, 2.05) is 58.1 Å². The van der Waals surface area contributed by atoms with Crippen molar-refractivity contribution in [3.8, 4) is 0 Å². The van der Waals surface area contributed by atoms with Crippen molar-refractivity contribution in [3.63, 3.8) is 0 Å². The van der Waals surface area contributed by atoms with E-state index in [9.17, 15) is 39.6 Å². The van der Waals surface area contributed by atoms with Gasteiger partial charge in [-0.05, 0) is 107 Å². The van der Waals surface area contributed by atoms with Crippen LogP contribution in [0.25, 0.3) is 0 Å². The number of hydrogen-bond acceptors (Lipinski definition) is 14. The molecule has 386 valence electrons. The van der Waals surface area contributed by atoms with Crippen LogP contribution in [0.15, 0.2) is 47.6 Å². The molecule has 4 rings (SSSR count). The van der Waals surface area contributed by atoms with Gasteiger partial charge >= 0.3 is 5.97 Å². The average Bonchev–Trinajstić information content (AvgIpc) is 3.32. The number of ether oxygens (including phenoxy) is 6. The Balaban J connectivity index is 1.69. The highest BCUT2D eigenvalue weighted by molar-refractivity contribution is 6.39. The molecule has 1 unspecified atom stereocenters. The first-order valence-electron chi connectivity index (χ1n) is 25.2. The zero-order valence-corrected chi connectivity index (χ0v) is 42.5. The van der Waals surface area contributed by atoms with Crippen LogP contribution in [0.3, 0.4) is 0 Å². The van der Waals surface area contributed by atoms with Crippen LogP contribution >= 0.6 is 0 Å². The van der Waals surface area contributed by atoms with Crippen molar-refractivity contribution in [2.45, 2.75) is 186 Å². The Bertz CT molecular complexity index is 1760. The summed E-state index contributed by atoms with van der Waals surface area (Å²) in [5, 5.41) is 44.7. The highest BCUT2D eigenvalue weighted by Crippen LogP contribution is 2.38. The van der Waals surface area contributed by atoms with E-state index in [0.717, 1.165) is 18.4 Å². The van der Waals surface area contributed by atoms with Crippen molar-refractivity contribution in [2.24, 2.45) is 35.5 Å². The van der Waals surface area contributed by atoms with Gasteiger partial charge in [-0.1, -0.05) is 71.1 Å². The zero-order valence-electron chi connectivity index (χ0n) is 42.5. The summed E-state index contributed by atoms with van der Waals surface area (Å²) < 4.78 is 35.7. The standard InChI is InChI=1S/C53H85NO14/c1-32-16-12-11-13-17-33(2)44(63-8)30-40-21-19-38(7)53(62,68-40)50(59)51(60)54-23-15-14-18-41(54)52(61)67-45(35(4)28-39-20-22-43(66-25-24-55)46(29-39)64-9)31-42(56)34(3)27-37(6)48(58)49(65-10)47(57)36(5)26-32/h11-13,16-17,27,32,34-36,38-46,48-49,55-56,58,62H,14-15,18-26,28-31H2,1-10H3/b13-11+,16-12+,33-17+,37-27+/t32-,34-,35-,36-,38-,39+,40+,41+,42?,43-,44+,45+,46-,48-,49+,53-/m1/s1. The van der Waals surface area contributed by atoms with E-state index in [4.69, 9.17) is 28.4 Å². The Morgan fingerprint density at radius 1 is 0.838 bits per heavy atom. The van der Waals surface area contributed by atoms with Crippen LogP contribution in [-0.2, 0) is 47.6 Å². The smallest absolute Gasteiger partial charge is 0.329 e. The number of methoxy groups -OCH3 is 3. The molecule has 3 aliphatic heterocycles. The maximum absolute atomic E-state index is 14.5. The molecule has 15 nitrogen and oxygen atoms in total. The van der Waals surface area contributed by atoms with Gasteiger partial charge in [-0.2, -0.15) is 0 Å². The molecule has 3 fully saturated rings. The van der Waals surface area contributed by atoms with Crippen molar-refractivity contribution in [2.75, 3.05) is 41.1 Å². The summed E-state index contributed by atoms with van der Waals surface area (Å²) in [6, 6.07) is -1.12. The lowest BCUT2D eigenvalue weighted by Gasteiger charge is -2.43. The van der Waals surface area contributed by atoms with Gasteiger partial charge in [0.2, 0.25) is 5.79 Å². The number of Topliss-reactive ketones (excluding diaryl/α,β-unsaturated/α-hetero) is 2. The second-order valence-corrected chi connectivity index (χ2v) is 20.4. The molecule has 0 spiro atoms. The van der Waals surface area contributed by atoms with Crippen molar-refractivity contribution in [1.29, 1.82) is 0 Å². The van der Waals surface area contributed by atoms with Crippen LogP contribution < -0.4 is 0 Å². The molecule has 0 radical (unpaired) electrons. The first-order valence-corrected chi connectivity index (χ1v) is 25.2. The van der Waals surface area contributed by atoms with Gasteiger partial charge in [0.05, 0.1) is 43.7 Å². The SMILES string of the molecule is CO[C@H]1C[C@@H]2CC[C@@H](C)[C@@](O)(O2)C(=O)C(=O)N2CCCC[C@H]2C(=O)O[C@H]([C@H](C)C[C@@H]2CC[C@@H](OCCO)[C@H](OC)C2)CC(O)[C@H](C)/C=C(\C)[C@@H](O)[C@@H](OC)C(=O)[C@H](C)C[C@H](C)/C=C/C=C/C=C/1C. The first kappa shape index (κ1) is 57.5. The van der Waals surface area contributed by atoms with Gasteiger partial charge in [-0.15, -0.1) is 0 Å². The van der Waals surface area contributed by atoms with Gasteiger partial charge in [0.1, 0.15) is 24.4 Å². The molecule has 0 aromatic carbocycles. The predicted octanol–water partition coefficient (Wildman–Crippen LogP) is 5.99. The number of ketones is 2. The van der Waals surface area contributed by atoms with Crippen molar-refractivity contribution >= 4 is 23.4 Å². The lowest BCUT2D eigenvalue weighted by atomic mass is 9.78. The van der Waals surface area contributed by atoms with Crippen molar-refractivity contribution in [1.82, 2.24) is 4.90 Å². The molecule has 3 heterocycles. The fraction of sp³-hybridized carbons (Fsp3) is 0.774. The number of carbonyl (C=O) groups excluding carboxylic acids is 4. The number of nitrogens with zero attached hydrogens (tertiary/aromatic N) is 1. The fourth-order valence-corrected chi connectivity index (χ4v) is 10.6. The summed E-state index contributed by atoms with van der Waals surface area (Å²) >= 11 is 0. The van der Waals surface area contributed by atoms with E-state index in [0.29, 0.717) is 56.9 Å². The number of hydrogen-bond donors (Lipinski definition) is 4. The molecule has 1 aliphatic carbocycles. The topological polar surface area (TPSA) is 208 Å². The third-order valence-electron chi connectivity index (χ3n) is 15.1. The van der Waals surface area contributed by atoms with Crippen molar-refractivity contribution in [3.05, 3.63) is 47.6 Å². The van der Waals surface area contributed by atoms with E-state index < -0.39 is 83.9 Å². The largest absolute Gasteiger partial charge is 0.460 e. The second kappa shape index (κ2) is 27.5. The molecule has 2 saturated heterocycles. The maximum Gasteiger partial charge on any atom is 0.329 e. The van der Waals surface area contributed by atoms with Gasteiger partial charge in [0.15, 0.2) is 5.78 Å². The highest BCUT2D eigenvalue weighted by Gasteiger charge is 2.53. The fourth-order valence-electron chi connectivity index (χ4n) is 10.6. The normalized spacial score (nSPS) is 40.2. The molecule has 4 aliphatic rings. The van der Waals surface area contributed by atoms with Crippen LogP contribution in [0.4, 0.5) is 0 Å². The zero-order chi connectivity index (χ0) is 50.3. The number of amides is 1. The second-order valence-electron chi connectivity index (χ2n) is 20.4. The lowest BCUT2D eigenvalue weighted by Crippen LogP contribution is -2.61. The van der Waals surface area contributed by atoms with Gasteiger partial charge < -0.3 is 53.7 Å². The predicted molar refractivity (Wildman–Crippen MR) is 257 cm³/mol. The minimum Gasteiger partial charge on any atom is -0.460 e. The number of piperidine rings is 1. The molecule has 15 heteroatoms. The van der Waals surface area contributed by atoms with Gasteiger partial charge in [-0.25, -0.2) is 4.79 Å². The third kappa shape index (κ3) is 15.4. The number of rotatable bonds is 9. The Morgan fingerprint density at radius 3 is 2.25 bits per heavy atom. The monoisotopic (exact) mass is 960 g/mol. The quantitative estimate of drug-likeness (QED) is 0.119. The number of allylic oxidation sites excluding steroid dienone is 5. The summed E-state index contributed by atoms with van der Waals surface area (Å²) in [7, 11) is 4.62. The van der Waals surface area contributed by atoms with E-state index in [-0.39, 0.29) is 68.3 Å². The molecular weight excluding hydrogens is 875 g/mol. The Hall–Kier alpha value is -3.12. The summed E-state index contributed by atoms with van der Waals surface area (Å²) in [4.78, 5) is 58.0. The minimum absolute atomic E-state index is 0.0180. The van der Waals surface area contributed by atoms with Crippen molar-refractivity contribution < 1.29 is 68.0 Å². The van der Waals surface area contributed by atoms with Crippen LogP contribution in [0, 0.1) is 35.5 Å². The number of cyclic esters (lactones) is 1. The maximum atomic E-state index is 14.5. The molecule has 4 N–H and O–H groups in total. The molecular formula is C53H85NO14. The highest BCUT2D eigenvalue weighted by atomic mass is 16.6. The van der Waals surface area contributed by atoms with Gasteiger partial charge in [-0.3, -0.25) is 14.4 Å². The molecule has 1 amide bonds. The molecule has 16 atom stereocenters. The molecule has 2 bridgehead atoms. The number of aliphatic hydroxyl groups is 4. The molecule has 0 aromatic heterocycles. The Labute approximate surface area is 405 Å². The Morgan fingerprint density at radius 2 is 1.57 bits per heavy atom.